The van der Waals surface area contributed by atoms with Crippen LogP contribution in [-0.2, 0) is 12.2 Å². The topological polar surface area (TPSA) is 108 Å². The van der Waals surface area contributed by atoms with Gasteiger partial charge in [-0.2, -0.15) is 5.26 Å². The highest BCUT2D eigenvalue weighted by atomic mass is 32.2. The molecule has 0 atom stereocenters. The molecule has 0 aliphatic carbocycles. The van der Waals surface area contributed by atoms with Gasteiger partial charge in [0.05, 0.1) is 34.1 Å². The van der Waals surface area contributed by atoms with E-state index in [0.717, 1.165) is 10.7 Å². The first-order chi connectivity index (χ1) is 10.7. The molecule has 1 aromatic carbocycles. The molecule has 22 heavy (non-hydrogen) atoms. The number of aromatic amines is 1. The van der Waals surface area contributed by atoms with Crippen LogP contribution in [0.15, 0.2) is 28.7 Å². The summed E-state index contributed by atoms with van der Waals surface area (Å²) < 4.78 is 0. The predicted molar refractivity (Wildman–Crippen MR) is 83.7 cm³/mol. The molecule has 0 unspecified atom stereocenters. The van der Waals surface area contributed by atoms with Gasteiger partial charge in [0.15, 0.2) is 5.16 Å². The van der Waals surface area contributed by atoms with Gasteiger partial charge in [-0.25, -0.2) is 9.97 Å². The molecule has 0 amide bonds. The first-order valence-corrected chi connectivity index (χ1v) is 8.09. The number of hydrogen-bond donors (Lipinski definition) is 1. The Kier molecular flexibility index (Phi) is 4.04. The molecule has 0 bridgehead atoms. The number of benzene rings is 1. The summed E-state index contributed by atoms with van der Waals surface area (Å²) in [5, 5.41) is 22.8. The van der Waals surface area contributed by atoms with Crippen molar-refractivity contribution in [3.05, 3.63) is 44.4 Å². The molecular formula is C13H9N5O2S2. The van der Waals surface area contributed by atoms with Gasteiger partial charge in [-0.15, -0.1) is 11.3 Å². The first kappa shape index (κ1) is 14.5. The van der Waals surface area contributed by atoms with Crippen LogP contribution in [0.4, 0.5) is 5.69 Å². The highest BCUT2D eigenvalue weighted by Gasteiger charge is 2.10. The Morgan fingerprint density at radius 1 is 1.45 bits per heavy atom. The number of nitro groups is 1. The van der Waals surface area contributed by atoms with Crippen LogP contribution in [0.2, 0.25) is 0 Å². The number of aromatic nitrogens is 3. The monoisotopic (exact) mass is 331 g/mol. The number of hydrogen-bond acceptors (Lipinski definition) is 7. The fourth-order valence-electron chi connectivity index (χ4n) is 1.86. The van der Waals surface area contributed by atoms with Crippen molar-refractivity contribution in [1.29, 1.82) is 5.26 Å². The number of nitro benzene ring substituents is 1. The number of nitriles is 1. The maximum absolute atomic E-state index is 10.8. The van der Waals surface area contributed by atoms with Crippen molar-refractivity contribution in [3.63, 3.8) is 0 Å². The normalized spacial score (nSPS) is 10.7. The summed E-state index contributed by atoms with van der Waals surface area (Å²) in [6.45, 7) is 0. The minimum absolute atomic E-state index is 0.0355. The Hall–Kier alpha value is -2.44. The van der Waals surface area contributed by atoms with E-state index in [-0.39, 0.29) is 5.69 Å². The molecule has 0 saturated heterocycles. The largest absolute Gasteiger partial charge is 0.333 e. The quantitative estimate of drug-likeness (QED) is 0.436. The van der Waals surface area contributed by atoms with Crippen LogP contribution < -0.4 is 0 Å². The fourth-order valence-corrected chi connectivity index (χ4v) is 3.47. The van der Waals surface area contributed by atoms with Crippen LogP contribution in [0.5, 0.6) is 0 Å². The summed E-state index contributed by atoms with van der Waals surface area (Å²) in [4.78, 5) is 22.1. The molecule has 110 valence electrons. The lowest BCUT2D eigenvalue weighted by molar-refractivity contribution is -0.384. The van der Waals surface area contributed by atoms with Crippen molar-refractivity contribution in [2.45, 2.75) is 17.3 Å². The smallest absolute Gasteiger partial charge is 0.271 e. The minimum atomic E-state index is -0.431. The molecule has 3 rings (SSSR count). The number of nitrogens with one attached hydrogen (secondary N) is 1. The van der Waals surface area contributed by atoms with Crippen molar-refractivity contribution in [1.82, 2.24) is 15.0 Å². The first-order valence-electron chi connectivity index (χ1n) is 6.23. The van der Waals surface area contributed by atoms with E-state index in [0.29, 0.717) is 28.4 Å². The van der Waals surface area contributed by atoms with Crippen LogP contribution in [-0.4, -0.2) is 19.9 Å². The van der Waals surface area contributed by atoms with E-state index in [1.807, 2.05) is 5.38 Å². The van der Waals surface area contributed by atoms with E-state index in [4.69, 9.17) is 5.26 Å². The highest BCUT2D eigenvalue weighted by Crippen LogP contribution is 2.25. The number of thioether (sulfide) groups is 1. The van der Waals surface area contributed by atoms with Gasteiger partial charge in [0.1, 0.15) is 5.01 Å². The maximum atomic E-state index is 10.8. The molecule has 9 heteroatoms. The van der Waals surface area contributed by atoms with Gasteiger partial charge >= 0.3 is 0 Å². The lowest BCUT2D eigenvalue weighted by Crippen LogP contribution is -1.86. The number of H-pyrrole nitrogens is 1. The van der Waals surface area contributed by atoms with Gasteiger partial charge < -0.3 is 4.98 Å². The number of thiazole rings is 1. The molecule has 0 saturated carbocycles. The number of fused-ring (bicyclic) bond motifs is 1. The Balaban J connectivity index is 1.73. The van der Waals surface area contributed by atoms with Gasteiger partial charge in [-0.1, -0.05) is 11.8 Å². The number of imidazole rings is 1. The summed E-state index contributed by atoms with van der Waals surface area (Å²) in [6, 6.07) is 6.61. The lowest BCUT2D eigenvalue weighted by Gasteiger charge is -1.93. The fraction of sp³-hybridized carbons (Fsp3) is 0.154. The molecule has 0 fully saturated rings. The van der Waals surface area contributed by atoms with Gasteiger partial charge in [0.25, 0.3) is 5.69 Å². The Bertz CT molecular complexity index is 880. The molecule has 3 aromatic rings. The third kappa shape index (κ3) is 3.08. The van der Waals surface area contributed by atoms with Gasteiger partial charge in [0, 0.05) is 23.3 Å². The zero-order valence-corrected chi connectivity index (χ0v) is 12.8. The molecule has 1 N–H and O–H groups in total. The van der Waals surface area contributed by atoms with Crippen LogP contribution >= 0.6 is 23.1 Å². The van der Waals surface area contributed by atoms with Crippen molar-refractivity contribution in [2.75, 3.05) is 0 Å². The second-order valence-corrected chi connectivity index (χ2v) is 6.26. The highest BCUT2D eigenvalue weighted by molar-refractivity contribution is 7.98. The molecule has 2 heterocycles. The van der Waals surface area contributed by atoms with E-state index in [1.54, 1.807) is 6.07 Å². The number of nitrogens with zero attached hydrogens (tertiary/aromatic N) is 4. The van der Waals surface area contributed by atoms with Crippen LogP contribution in [0, 0.1) is 21.4 Å². The maximum Gasteiger partial charge on any atom is 0.271 e. The van der Waals surface area contributed by atoms with E-state index >= 15 is 0 Å². The molecule has 7 nitrogen and oxygen atoms in total. The molecule has 0 aliphatic rings. The second-order valence-electron chi connectivity index (χ2n) is 4.36. The predicted octanol–water partition coefficient (Wildman–Crippen LogP) is 3.29. The van der Waals surface area contributed by atoms with Gasteiger partial charge in [-0.3, -0.25) is 10.1 Å². The summed E-state index contributed by atoms with van der Waals surface area (Å²) >= 11 is 2.94. The molecule has 0 aliphatic heterocycles. The number of non-ortho nitro benzene ring substituents is 1. The van der Waals surface area contributed by atoms with Gasteiger partial charge in [0.2, 0.25) is 0 Å². The zero-order valence-electron chi connectivity index (χ0n) is 11.1. The van der Waals surface area contributed by atoms with Crippen molar-refractivity contribution in [3.8, 4) is 6.07 Å². The van der Waals surface area contributed by atoms with E-state index < -0.39 is 4.92 Å². The van der Waals surface area contributed by atoms with Gasteiger partial charge in [-0.05, 0) is 6.07 Å². The average Bonchev–Trinajstić information content (AvgIpc) is 3.10. The molecular weight excluding hydrogens is 322 g/mol. The lowest BCUT2D eigenvalue weighted by atomic mass is 10.3. The van der Waals surface area contributed by atoms with Crippen molar-refractivity contribution < 1.29 is 4.92 Å². The summed E-state index contributed by atoms with van der Waals surface area (Å²) in [7, 11) is 0. The van der Waals surface area contributed by atoms with Crippen LogP contribution in [0.25, 0.3) is 11.0 Å². The van der Waals surface area contributed by atoms with Crippen molar-refractivity contribution >= 4 is 39.8 Å². The van der Waals surface area contributed by atoms with E-state index in [9.17, 15) is 10.1 Å². The summed E-state index contributed by atoms with van der Waals surface area (Å²) in [5.74, 6) is 0.629. The zero-order chi connectivity index (χ0) is 15.5. The second kappa shape index (κ2) is 6.13. The number of rotatable bonds is 5. The van der Waals surface area contributed by atoms with Crippen LogP contribution in [0.3, 0.4) is 0 Å². The van der Waals surface area contributed by atoms with Crippen LogP contribution in [0.1, 0.15) is 10.7 Å². The molecule has 0 spiro atoms. The summed E-state index contributed by atoms with van der Waals surface area (Å²) in [5.41, 5.74) is 2.26. The average molecular weight is 331 g/mol. The third-order valence-electron chi connectivity index (χ3n) is 2.84. The minimum Gasteiger partial charge on any atom is -0.333 e. The van der Waals surface area contributed by atoms with E-state index in [2.05, 4.69) is 21.0 Å². The SMILES string of the molecule is N#CCc1nc(CSc2nc3ccc([N+](=O)[O-])cc3[nH]2)cs1. The Morgan fingerprint density at radius 2 is 2.32 bits per heavy atom. The standard InChI is InChI=1S/C13H9N5O2S2/c14-4-3-12-15-8(6-21-12)7-22-13-16-10-2-1-9(18(19)20)5-11(10)17-13/h1-2,5-6H,3,7H2,(H,16,17). The summed E-state index contributed by atoms with van der Waals surface area (Å²) in [6.07, 6.45) is 0.323. The molecule has 2 aromatic heterocycles. The Morgan fingerprint density at radius 3 is 3.09 bits per heavy atom. The Labute approximate surface area is 133 Å². The van der Waals surface area contributed by atoms with Crippen molar-refractivity contribution in [2.24, 2.45) is 0 Å². The third-order valence-corrected chi connectivity index (χ3v) is 4.65. The van der Waals surface area contributed by atoms with E-state index in [1.165, 1.54) is 35.2 Å². The molecule has 0 radical (unpaired) electrons.